The highest BCUT2D eigenvalue weighted by Crippen LogP contribution is 2.38. The topological polar surface area (TPSA) is 60.6 Å². The van der Waals surface area contributed by atoms with Crippen LogP contribution in [0, 0.1) is 0 Å². The van der Waals surface area contributed by atoms with Gasteiger partial charge >= 0.3 is 0 Å². The summed E-state index contributed by atoms with van der Waals surface area (Å²) < 4.78 is 16.0. The average Bonchev–Trinajstić information content (AvgIpc) is 3.07. The van der Waals surface area contributed by atoms with E-state index in [1.54, 1.807) is 19.1 Å². The van der Waals surface area contributed by atoms with Gasteiger partial charge in [-0.25, -0.2) is 0 Å². The second-order valence-corrected chi connectivity index (χ2v) is 6.44. The van der Waals surface area contributed by atoms with Crippen molar-refractivity contribution in [2.24, 2.45) is 0 Å². The first-order valence-electron chi connectivity index (χ1n) is 8.28. The number of benzene rings is 2. The van der Waals surface area contributed by atoms with E-state index in [0.717, 1.165) is 16.5 Å². The number of nitrogens with one attached hydrogen (secondary N) is 1. The largest absolute Gasteiger partial charge is 0.493 e. The molecule has 1 heterocycles. The molecule has 3 rings (SSSR count). The van der Waals surface area contributed by atoms with Gasteiger partial charge in [0.1, 0.15) is 0 Å². The number of carbonyl (C=O) groups excluding carboxylic acids is 1. The minimum absolute atomic E-state index is 0.134. The van der Waals surface area contributed by atoms with Crippen molar-refractivity contribution in [3.63, 3.8) is 0 Å². The van der Waals surface area contributed by atoms with Crippen LogP contribution in [0.5, 0.6) is 17.2 Å². The van der Waals surface area contributed by atoms with Crippen molar-refractivity contribution in [3.8, 4) is 17.2 Å². The summed E-state index contributed by atoms with van der Waals surface area (Å²) in [7, 11) is 4.56. The van der Waals surface area contributed by atoms with Crippen LogP contribution in [0.4, 0.5) is 0 Å². The molecule has 0 saturated carbocycles. The molecule has 0 atom stereocenters. The number of ketones is 1. The molecule has 0 aliphatic heterocycles. The third kappa shape index (κ3) is 3.64. The summed E-state index contributed by atoms with van der Waals surface area (Å²) >= 11 is 6.10. The number of Topliss-reactive ketones (excluding diaryl/α,β-unsaturated/α-hetero) is 1. The summed E-state index contributed by atoms with van der Waals surface area (Å²) in [5.74, 6) is 1.19. The Morgan fingerprint density at radius 3 is 2.30 bits per heavy atom. The molecule has 0 bridgehead atoms. The van der Waals surface area contributed by atoms with Gasteiger partial charge in [0.05, 0.1) is 21.3 Å². The van der Waals surface area contributed by atoms with Crippen molar-refractivity contribution in [3.05, 3.63) is 58.3 Å². The lowest BCUT2D eigenvalue weighted by Crippen LogP contribution is -2.03. The predicted molar refractivity (Wildman–Crippen MR) is 107 cm³/mol. The van der Waals surface area contributed by atoms with Crippen LogP contribution in [0.2, 0.25) is 5.02 Å². The number of allylic oxidation sites excluding steroid dienone is 1. The number of carbonyl (C=O) groups is 1. The van der Waals surface area contributed by atoms with Crippen molar-refractivity contribution in [2.45, 2.75) is 6.92 Å². The highest BCUT2D eigenvalue weighted by molar-refractivity contribution is 6.31. The van der Waals surface area contributed by atoms with Crippen molar-refractivity contribution in [1.82, 2.24) is 4.98 Å². The van der Waals surface area contributed by atoms with Gasteiger partial charge in [-0.1, -0.05) is 11.6 Å². The smallest absolute Gasteiger partial charge is 0.203 e. The average molecular weight is 386 g/mol. The molecule has 6 heteroatoms. The number of H-pyrrole nitrogens is 1. The summed E-state index contributed by atoms with van der Waals surface area (Å²) in [6, 6.07) is 8.89. The van der Waals surface area contributed by atoms with Crippen LogP contribution in [-0.4, -0.2) is 32.1 Å². The van der Waals surface area contributed by atoms with Crippen molar-refractivity contribution >= 4 is 34.4 Å². The molecule has 0 spiro atoms. The molecular weight excluding hydrogens is 366 g/mol. The summed E-state index contributed by atoms with van der Waals surface area (Å²) in [5.41, 5.74) is 2.88. The molecule has 0 aliphatic carbocycles. The molecule has 0 saturated heterocycles. The standard InChI is InChI=1S/C21H20ClNO4/c1-12(7-14-11-23-17-6-5-15(22)10-16(14)17)20(24)13-8-18(25-2)21(27-4)19(9-13)26-3/h5-11,23H,1-4H3/b12-7+. The Kier molecular flexibility index (Phi) is 5.42. The Balaban J connectivity index is 2.02. The summed E-state index contributed by atoms with van der Waals surface area (Å²) in [4.78, 5) is 16.1. The Morgan fingerprint density at radius 1 is 1.04 bits per heavy atom. The van der Waals surface area contributed by atoms with Crippen LogP contribution < -0.4 is 14.2 Å². The minimum Gasteiger partial charge on any atom is -0.493 e. The van der Waals surface area contributed by atoms with Crippen molar-refractivity contribution < 1.29 is 19.0 Å². The summed E-state index contributed by atoms with van der Waals surface area (Å²) in [6.07, 6.45) is 3.69. The molecule has 0 radical (unpaired) electrons. The zero-order chi connectivity index (χ0) is 19.6. The fourth-order valence-electron chi connectivity index (χ4n) is 2.97. The maximum atomic E-state index is 13.0. The molecule has 0 amide bonds. The van der Waals surface area contributed by atoms with E-state index >= 15 is 0 Å². The van der Waals surface area contributed by atoms with Crippen LogP contribution >= 0.6 is 11.6 Å². The first-order chi connectivity index (χ1) is 13.0. The van der Waals surface area contributed by atoms with Gasteiger partial charge in [0, 0.05) is 33.2 Å². The SMILES string of the molecule is COc1cc(C(=O)/C(C)=C/c2c[nH]c3ccc(Cl)cc23)cc(OC)c1OC. The number of hydrogen-bond donors (Lipinski definition) is 1. The maximum Gasteiger partial charge on any atom is 0.203 e. The van der Waals surface area contributed by atoms with Gasteiger partial charge in [-0.3, -0.25) is 4.79 Å². The van der Waals surface area contributed by atoms with E-state index in [4.69, 9.17) is 25.8 Å². The normalized spacial score (nSPS) is 11.5. The third-order valence-corrected chi connectivity index (χ3v) is 4.57. The van der Waals surface area contributed by atoms with Crippen LogP contribution in [0.25, 0.3) is 17.0 Å². The van der Waals surface area contributed by atoms with Gasteiger partial charge < -0.3 is 19.2 Å². The van der Waals surface area contributed by atoms with E-state index in [1.165, 1.54) is 21.3 Å². The molecule has 140 valence electrons. The highest BCUT2D eigenvalue weighted by atomic mass is 35.5. The van der Waals surface area contributed by atoms with Crippen LogP contribution in [-0.2, 0) is 0 Å². The number of aromatic nitrogens is 1. The van der Waals surface area contributed by atoms with Gasteiger partial charge in [0.2, 0.25) is 5.75 Å². The first-order valence-corrected chi connectivity index (χ1v) is 8.66. The van der Waals surface area contributed by atoms with E-state index in [1.807, 2.05) is 30.5 Å². The van der Waals surface area contributed by atoms with E-state index in [0.29, 0.717) is 33.4 Å². The molecule has 27 heavy (non-hydrogen) atoms. The lowest BCUT2D eigenvalue weighted by molar-refractivity contribution is 0.103. The molecule has 1 N–H and O–H groups in total. The van der Waals surface area contributed by atoms with E-state index < -0.39 is 0 Å². The van der Waals surface area contributed by atoms with E-state index in [2.05, 4.69) is 4.98 Å². The lowest BCUT2D eigenvalue weighted by Gasteiger charge is -2.13. The second-order valence-electron chi connectivity index (χ2n) is 6.00. The molecule has 0 fully saturated rings. The van der Waals surface area contributed by atoms with E-state index in [-0.39, 0.29) is 5.78 Å². The molecule has 3 aromatic rings. The molecule has 0 unspecified atom stereocenters. The Hall–Kier alpha value is -2.92. The minimum atomic E-state index is -0.134. The number of aromatic amines is 1. The van der Waals surface area contributed by atoms with E-state index in [9.17, 15) is 4.79 Å². The van der Waals surface area contributed by atoms with Crippen molar-refractivity contribution in [1.29, 1.82) is 0 Å². The van der Waals surface area contributed by atoms with Gasteiger partial charge in [-0.05, 0) is 48.9 Å². The molecule has 2 aromatic carbocycles. The Labute approximate surface area is 162 Å². The van der Waals surface area contributed by atoms with Crippen LogP contribution in [0.15, 0.2) is 42.1 Å². The van der Waals surface area contributed by atoms with Gasteiger partial charge in [-0.15, -0.1) is 0 Å². The predicted octanol–water partition coefficient (Wildman–Crippen LogP) is 5.13. The number of hydrogen-bond acceptors (Lipinski definition) is 4. The first kappa shape index (κ1) is 18.9. The zero-order valence-electron chi connectivity index (χ0n) is 15.6. The van der Waals surface area contributed by atoms with Gasteiger partial charge in [0.25, 0.3) is 0 Å². The van der Waals surface area contributed by atoms with Crippen molar-refractivity contribution in [2.75, 3.05) is 21.3 Å². The maximum absolute atomic E-state index is 13.0. The Morgan fingerprint density at radius 2 is 1.70 bits per heavy atom. The number of methoxy groups -OCH3 is 3. The summed E-state index contributed by atoms with van der Waals surface area (Å²) in [6.45, 7) is 1.77. The number of fused-ring (bicyclic) bond motifs is 1. The number of halogens is 1. The number of ether oxygens (including phenoxy) is 3. The molecule has 5 nitrogen and oxygen atoms in total. The van der Waals surface area contributed by atoms with Gasteiger partial charge in [-0.2, -0.15) is 0 Å². The summed E-state index contributed by atoms with van der Waals surface area (Å²) in [5, 5.41) is 1.60. The molecular formula is C21H20ClNO4. The fraction of sp³-hybridized carbons (Fsp3) is 0.190. The Bertz CT molecular complexity index is 1010. The lowest BCUT2D eigenvalue weighted by atomic mass is 10.0. The van der Waals surface area contributed by atoms with Crippen LogP contribution in [0.1, 0.15) is 22.8 Å². The quantitative estimate of drug-likeness (QED) is 0.471. The zero-order valence-corrected chi connectivity index (χ0v) is 16.3. The molecule has 1 aromatic heterocycles. The monoisotopic (exact) mass is 385 g/mol. The second kappa shape index (κ2) is 7.76. The highest BCUT2D eigenvalue weighted by Gasteiger charge is 2.18. The fourth-order valence-corrected chi connectivity index (χ4v) is 3.14. The van der Waals surface area contributed by atoms with Crippen LogP contribution in [0.3, 0.4) is 0 Å². The third-order valence-electron chi connectivity index (χ3n) is 4.33. The number of rotatable bonds is 6. The van der Waals surface area contributed by atoms with Gasteiger partial charge in [0.15, 0.2) is 17.3 Å². The molecule has 0 aliphatic rings.